The van der Waals surface area contributed by atoms with E-state index in [0.717, 1.165) is 17.9 Å². The molecule has 4 heteroatoms. The van der Waals surface area contributed by atoms with Crippen LogP contribution in [-0.2, 0) is 0 Å². The van der Waals surface area contributed by atoms with E-state index in [9.17, 15) is 5.11 Å². The minimum atomic E-state index is -0.492. The molecular weight excluding hydrogens is 290 g/mol. The summed E-state index contributed by atoms with van der Waals surface area (Å²) >= 11 is 7.63. The first kappa shape index (κ1) is 15.4. The molecule has 2 nitrogen and oxygen atoms in total. The fourth-order valence-corrected chi connectivity index (χ4v) is 2.76. The topological polar surface area (TPSA) is 32.3 Å². The SMILES string of the molecule is OC(CNCCSc1ccccc1)c1ccc(Cl)cc1. The zero-order chi connectivity index (χ0) is 14.2. The van der Waals surface area contributed by atoms with Crippen LogP contribution in [0.4, 0.5) is 0 Å². The molecule has 0 aliphatic heterocycles. The molecular formula is C16H18ClNOS. The molecule has 0 radical (unpaired) electrons. The van der Waals surface area contributed by atoms with Gasteiger partial charge in [-0.15, -0.1) is 11.8 Å². The van der Waals surface area contributed by atoms with Crippen LogP contribution in [0.3, 0.4) is 0 Å². The fraction of sp³-hybridized carbons (Fsp3) is 0.250. The van der Waals surface area contributed by atoms with Gasteiger partial charge in [-0.25, -0.2) is 0 Å². The van der Waals surface area contributed by atoms with Crippen LogP contribution in [0.5, 0.6) is 0 Å². The van der Waals surface area contributed by atoms with Gasteiger partial charge in [0.15, 0.2) is 0 Å². The van der Waals surface area contributed by atoms with Crippen molar-refractivity contribution >= 4 is 23.4 Å². The number of halogens is 1. The van der Waals surface area contributed by atoms with Gasteiger partial charge in [0.1, 0.15) is 0 Å². The Labute approximate surface area is 129 Å². The Hall–Kier alpha value is -1.00. The Bertz CT molecular complexity index is 504. The first-order valence-corrected chi connectivity index (χ1v) is 7.94. The average molecular weight is 308 g/mol. The van der Waals surface area contributed by atoms with E-state index in [1.165, 1.54) is 4.90 Å². The molecule has 0 spiro atoms. The number of rotatable bonds is 7. The predicted molar refractivity (Wildman–Crippen MR) is 86.4 cm³/mol. The summed E-state index contributed by atoms with van der Waals surface area (Å²) in [4.78, 5) is 1.27. The Kier molecular flexibility index (Phi) is 6.40. The molecule has 0 aromatic heterocycles. The van der Waals surface area contributed by atoms with Crippen molar-refractivity contribution in [2.45, 2.75) is 11.0 Å². The highest BCUT2D eigenvalue weighted by atomic mass is 35.5. The molecule has 1 atom stereocenters. The van der Waals surface area contributed by atoms with E-state index < -0.39 is 6.10 Å². The summed E-state index contributed by atoms with van der Waals surface area (Å²) in [6.45, 7) is 1.42. The van der Waals surface area contributed by atoms with Gasteiger partial charge >= 0.3 is 0 Å². The zero-order valence-electron chi connectivity index (χ0n) is 11.1. The second-order valence-corrected chi connectivity index (χ2v) is 6.04. The lowest BCUT2D eigenvalue weighted by Gasteiger charge is -2.12. The van der Waals surface area contributed by atoms with Crippen LogP contribution in [0.1, 0.15) is 11.7 Å². The molecule has 0 bridgehead atoms. The van der Waals surface area contributed by atoms with Gasteiger partial charge in [0.25, 0.3) is 0 Å². The molecule has 2 N–H and O–H groups in total. The van der Waals surface area contributed by atoms with Gasteiger partial charge in [0.2, 0.25) is 0 Å². The normalized spacial score (nSPS) is 12.3. The van der Waals surface area contributed by atoms with Gasteiger partial charge in [-0.2, -0.15) is 0 Å². The largest absolute Gasteiger partial charge is 0.387 e. The van der Waals surface area contributed by atoms with Gasteiger partial charge in [-0.05, 0) is 29.8 Å². The number of thioether (sulfide) groups is 1. The first-order chi connectivity index (χ1) is 9.75. The maximum Gasteiger partial charge on any atom is 0.0914 e. The van der Waals surface area contributed by atoms with Crippen molar-refractivity contribution in [3.8, 4) is 0 Å². The fourth-order valence-electron chi connectivity index (χ4n) is 1.80. The van der Waals surface area contributed by atoms with Gasteiger partial charge in [-0.1, -0.05) is 41.9 Å². The van der Waals surface area contributed by atoms with E-state index in [4.69, 9.17) is 11.6 Å². The maximum absolute atomic E-state index is 10.0. The summed E-state index contributed by atoms with van der Waals surface area (Å²) < 4.78 is 0. The summed E-state index contributed by atoms with van der Waals surface area (Å²) in [5.41, 5.74) is 0.887. The van der Waals surface area contributed by atoms with Crippen molar-refractivity contribution in [3.05, 3.63) is 65.2 Å². The molecule has 2 rings (SSSR count). The van der Waals surface area contributed by atoms with Crippen molar-refractivity contribution in [2.75, 3.05) is 18.8 Å². The summed E-state index contributed by atoms with van der Waals surface area (Å²) in [5, 5.41) is 14.0. The molecule has 0 aliphatic carbocycles. The van der Waals surface area contributed by atoms with Crippen LogP contribution in [-0.4, -0.2) is 23.9 Å². The summed E-state index contributed by atoms with van der Waals surface area (Å²) in [6, 6.07) is 17.6. The lowest BCUT2D eigenvalue weighted by atomic mass is 10.1. The van der Waals surface area contributed by atoms with Crippen LogP contribution >= 0.6 is 23.4 Å². The number of benzene rings is 2. The van der Waals surface area contributed by atoms with E-state index in [2.05, 4.69) is 17.4 Å². The van der Waals surface area contributed by atoms with Crippen molar-refractivity contribution in [1.82, 2.24) is 5.32 Å². The maximum atomic E-state index is 10.0. The Morgan fingerprint density at radius 2 is 1.75 bits per heavy atom. The number of hydrogen-bond donors (Lipinski definition) is 2. The zero-order valence-corrected chi connectivity index (χ0v) is 12.7. The third kappa shape index (κ3) is 5.17. The second kappa shape index (κ2) is 8.32. The van der Waals surface area contributed by atoms with Gasteiger partial charge in [-0.3, -0.25) is 0 Å². The van der Waals surface area contributed by atoms with E-state index >= 15 is 0 Å². The minimum absolute atomic E-state index is 0.492. The first-order valence-electron chi connectivity index (χ1n) is 6.58. The highest BCUT2D eigenvalue weighted by molar-refractivity contribution is 7.99. The summed E-state index contributed by atoms with van der Waals surface area (Å²) in [5.74, 6) is 0.983. The molecule has 1 unspecified atom stereocenters. The monoisotopic (exact) mass is 307 g/mol. The Morgan fingerprint density at radius 3 is 2.45 bits per heavy atom. The van der Waals surface area contributed by atoms with Crippen LogP contribution in [0.2, 0.25) is 5.02 Å². The van der Waals surface area contributed by atoms with E-state index in [-0.39, 0.29) is 0 Å². The highest BCUT2D eigenvalue weighted by Gasteiger charge is 2.06. The average Bonchev–Trinajstić information content (AvgIpc) is 2.48. The molecule has 0 aliphatic rings. The molecule has 0 saturated heterocycles. The van der Waals surface area contributed by atoms with E-state index in [1.54, 1.807) is 12.1 Å². The van der Waals surface area contributed by atoms with E-state index in [0.29, 0.717) is 11.6 Å². The molecule has 2 aromatic carbocycles. The lowest BCUT2D eigenvalue weighted by Crippen LogP contribution is -2.23. The van der Waals surface area contributed by atoms with Gasteiger partial charge in [0.05, 0.1) is 6.10 Å². The molecule has 20 heavy (non-hydrogen) atoms. The van der Waals surface area contributed by atoms with Crippen LogP contribution in [0.15, 0.2) is 59.5 Å². The molecule has 0 saturated carbocycles. The van der Waals surface area contributed by atoms with Crippen LogP contribution in [0.25, 0.3) is 0 Å². The molecule has 106 valence electrons. The van der Waals surface area contributed by atoms with Crippen molar-refractivity contribution in [2.24, 2.45) is 0 Å². The van der Waals surface area contributed by atoms with Crippen molar-refractivity contribution in [3.63, 3.8) is 0 Å². The van der Waals surface area contributed by atoms with Crippen molar-refractivity contribution < 1.29 is 5.11 Å². The predicted octanol–water partition coefficient (Wildman–Crippen LogP) is 3.76. The number of aliphatic hydroxyl groups excluding tert-OH is 1. The molecule has 0 heterocycles. The third-order valence-corrected chi connectivity index (χ3v) is 4.15. The third-order valence-electron chi connectivity index (χ3n) is 2.88. The summed E-state index contributed by atoms with van der Waals surface area (Å²) in [6.07, 6.45) is -0.492. The molecule has 0 amide bonds. The smallest absolute Gasteiger partial charge is 0.0914 e. The van der Waals surface area contributed by atoms with Crippen LogP contribution in [0, 0.1) is 0 Å². The Balaban J connectivity index is 1.64. The van der Waals surface area contributed by atoms with Gasteiger partial charge in [0, 0.05) is 28.8 Å². The molecule has 2 aromatic rings. The number of hydrogen-bond acceptors (Lipinski definition) is 3. The lowest BCUT2D eigenvalue weighted by molar-refractivity contribution is 0.176. The minimum Gasteiger partial charge on any atom is -0.387 e. The number of aliphatic hydroxyl groups is 1. The van der Waals surface area contributed by atoms with E-state index in [1.807, 2.05) is 42.1 Å². The van der Waals surface area contributed by atoms with Crippen LogP contribution < -0.4 is 5.32 Å². The Morgan fingerprint density at radius 1 is 1.05 bits per heavy atom. The second-order valence-electron chi connectivity index (χ2n) is 4.43. The quantitative estimate of drug-likeness (QED) is 0.603. The van der Waals surface area contributed by atoms with Gasteiger partial charge < -0.3 is 10.4 Å². The highest BCUT2D eigenvalue weighted by Crippen LogP contribution is 2.17. The molecule has 0 fully saturated rings. The summed E-state index contributed by atoms with van der Waals surface area (Å²) in [7, 11) is 0. The number of nitrogens with one attached hydrogen (secondary N) is 1. The standard InChI is InChI=1S/C16H18ClNOS/c17-14-8-6-13(7-9-14)16(19)12-18-10-11-20-15-4-2-1-3-5-15/h1-9,16,18-19H,10-12H2. The van der Waals surface area contributed by atoms with Crippen molar-refractivity contribution in [1.29, 1.82) is 0 Å².